The third-order valence-electron chi connectivity index (χ3n) is 3.46. The van der Waals surface area contributed by atoms with Gasteiger partial charge in [-0.3, -0.25) is 4.79 Å². The summed E-state index contributed by atoms with van der Waals surface area (Å²) in [7, 11) is 0. The lowest BCUT2D eigenvalue weighted by Gasteiger charge is -2.16. The highest BCUT2D eigenvalue weighted by Gasteiger charge is 2.15. The van der Waals surface area contributed by atoms with Gasteiger partial charge in [-0.2, -0.15) is 0 Å². The van der Waals surface area contributed by atoms with Crippen LogP contribution < -0.4 is 10.1 Å². The van der Waals surface area contributed by atoms with E-state index in [2.05, 4.69) is 5.32 Å². The fourth-order valence-corrected chi connectivity index (χ4v) is 2.31. The molecule has 3 aromatic carbocycles. The van der Waals surface area contributed by atoms with Crippen molar-refractivity contribution in [3.8, 4) is 5.75 Å². The van der Waals surface area contributed by atoms with E-state index in [1.54, 1.807) is 6.92 Å². The molecule has 0 aliphatic carbocycles. The summed E-state index contributed by atoms with van der Waals surface area (Å²) in [4.78, 5) is 12.2. The zero-order valence-corrected chi connectivity index (χ0v) is 12.3. The lowest BCUT2D eigenvalue weighted by Crippen LogP contribution is -2.30. The van der Waals surface area contributed by atoms with Gasteiger partial charge in [0.05, 0.1) is 0 Å². The molecule has 3 heteroatoms. The molecule has 0 bridgehead atoms. The van der Waals surface area contributed by atoms with Crippen LogP contribution >= 0.6 is 0 Å². The van der Waals surface area contributed by atoms with Crippen molar-refractivity contribution in [1.29, 1.82) is 0 Å². The quantitative estimate of drug-likeness (QED) is 0.780. The van der Waals surface area contributed by atoms with E-state index in [1.807, 2.05) is 72.8 Å². The fourth-order valence-electron chi connectivity index (χ4n) is 2.31. The highest BCUT2D eigenvalue weighted by molar-refractivity contribution is 5.95. The monoisotopic (exact) mass is 291 g/mol. The summed E-state index contributed by atoms with van der Waals surface area (Å²) in [6.07, 6.45) is -0.578. The Bertz CT molecular complexity index is 778. The van der Waals surface area contributed by atoms with Crippen LogP contribution in [0.4, 0.5) is 5.69 Å². The van der Waals surface area contributed by atoms with Crippen LogP contribution in [0.15, 0.2) is 72.8 Å². The van der Waals surface area contributed by atoms with Crippen molar-refractivity contribution < 1.29 is 9.53 Å². The smallest absolute Gasteiger partial charge is 0.265 e. The molecule has 0 saturated heterocycles. The minimum atomic E-state index is -0.578. The Hall–Kier alpha value is -2.81. The Balaban J connectivity index is 1.75. The van der Waals surface area contributed by atoms with Crippen LogP contribution in [0, 0.1) is 0 Å². The number of rotatable bonds is 4. The molecule has 1 N–H and O–H groups in total. The molecule has 3 aromatic rings. The normalized spacial score (nSPS) is 11.9. The van der Waals surface area contributed by atoms with Crippen LogP contribution in [0.25, 0.3) is 10.8 Å². The molecular weight excluding hydrogens is 274 g/mol. The topological polar surface area (TPSA) is 38.3 Å². The first-order valence-electron chi connectivity index (χ1n) is 7.24. The van der Waals surface area contributed by atoms with Crippen molar-refractivity contribution in [2.24, 2.45) is 0 Å². The first kappa shape index (κ1) is 14.1. The third kappa shape index (κ3) is 3.09. The summed E-state index contributed by atoms with van der Waals surface area (Å²) in [6, 6.07) is 23.2. The molecule has 3 rings (SSSR count). The number of benzene rings is 3. The number of hydrogen-bond acceptors (Lipinski definition) is 2. The summed E-state index contributed by atoms with van der Waals surface area (Å²) >= 11 is 0. The maximum atomic E-state index is 12.2. The van der Waals surface area contributed by atoms with E-state index >= 15 is 0 Å². The Labute approximate surface area is 129 Å². The first-order chi connectivity index (χ1) is 10.7. The SMILES string of the molecule is CC(Oc1cccc2ccccc12)C(=O)Nc1ccccc1. The van der Waals surface area contributed by atoms with E-state index in [1.165, 1.54) is 0 Å². The van der Waals surface area contributed by atoms with Crippen molar-refractivity contribution in [2.45, 2.75) is 13.0 Å². The zero-order valence-electron chi connectivity index (χ0n) is 12.3. The average Bonchev–Trinajstić information content (AvgIpc) is 2.56. The highest BCUT2D eigenvalue weighted by Crippen LogP contribution is 2.26. The Morgan fingerprint density at radius 2 is 1.59 bits per heavy atom. The molecule has 1 unspecified atom stereocenters. The summed E-state index contributed by atoms with van der Waals surface area (Å²) in [5.74, 6) is 0.549. The van der Waals surface area contributed by atoms with Gasteiger partial charge in [-0.25, -0.2) is 0 Å². The van der Waals surface area contributed by atoms with Gasteiger partial charge < -0.3 is 10.1 Å². The number of fused-ring (bicyclic) bond motifs is 1. The molecule has 22 heavy (non-hydrogen) atoms. The summed E-state index contributed by atoms with van der Waals surface area (Å²) in [5.41, 5.74) is 0.765. The third-order valence-corrected chi connectivity index (χ3v) is 3.46. The minimum absolute atomic E-state index is 0.167. The van der Waals surface area contributed by atoms with E-state index < -0.39 is 6.10 Å². The second-order valence-electron chi connectivity index (χ2n) is 5.09. The van der Waals surface area contributed by atoms with Crippen LogP contribution in [-0.2, 0) is 4.79 Å². The minimum Gasteiger partial charge on any atom is -0.480 e. The van der Waals surface area contributed by atoms with E-state index in [0.29, 0.717) is 5.75 Å². The van der Waals surface area contributed by atoms with Gasteiger partial charge in [0.2, 0.25) is 0 Å². The molecule has 0 saturated carbocycles. The summed E-state index contributed by atoms with van der Waals surface area (Å²) in [5, 5.41) is 4.94. The molecule has 0 fully saturated rings. The lowest BCUT2D eigenvalue weighted by atomic mass is 10.1. The predicted molar refractivity (Wildman–Crippen MR) is 89.1 cm³/mol. The number of carbonyl (C=O) groups is 1. The number of carbonyl (C=O) groups excluding carboxylic acids is 1. The standard InChI is InChI=1S/C19H17NO2/c1-14(19(21)20-16-10-3-2-4-11-16)22-18-13-7-9-15-8-5-6-12-17(15)18/h2-14H,1H3,(H,20,21). The van der Waals surface area contributed by atoms with E-state index in [0.717, 1.165) is 16.5 Å². The average molecular weight is 291 g/mol. The summed E-state index contributed by atoms with van der Waals surface area (Å²) < 4.78 is 5.85. The molecule has 1 atom stereocenters. The van der Waals surface area contributed by atoms with Gasteiger partial charge in [0.15, 0.2) is 6.10 Å². The van der Waals surface area contributed by atoms with Gasteiger partial charge in [0, 0.05) is 11.1 Å². The zero-order chi connectivity index (χ0) is 15.4. The van der Waals surface area contributed by atoms with Gasteiger partial charge in [-0.15, -0.1) is 0 Å². The van der Waals surface area contributed by atoms with Gasteiger partial charge in [-0.1, -0.05) is 54.6 Å². The molecular formula is C19H17NO2. The number of para-hydroxylation sites is 1. The predicted octanol–water partition coefficient (Wildman–Crippen LogP) is 4.25. The van der Waals surface area contributed by atoms with E-state index in [9.17, 15) is 4.79 Å². The fraction of sp³-hybridized carbons (Fsp3) is 0.105. The van der Waals surface area contributed by atoms with E-state index in [4.69, 9.17) is 4.74 Å². The van der Waals surface area contributed by atoms with Gasteiger partial charge in [-0.05, 0) is 30.5 Å². The van der Waals surface area contributed by atoms with Crippen LogP contribution in [0.2, 0.25) is 0 Å². The molecule has 110 valence electrons. The molecule has 0 heterocycles. The molecule has 3 nitrogen and oxygen atoms in total. The Morgan fingerprint density at radius 3 is 2.41 bits per heavy atom. The van der Waals surface area contributed by atoms with E-state index in [-0.39, 0.29) is 5.91 Å². The number of amides is 1. The van der Waals surface area contributed by atoms with Crippen LogP contribution in [0.5, 0.6) is 5.75 Å². The Kier molecular flexibility index (Phi) is 4.05. The Morgan fingerprint density at radius 1 is 0.909 bits per heavy atom. The van der Waals surface area contributed by atoms with Gasteiger partial charge in [0.1, 0.15) is 5.75 Å². The van der Waals surface area contributed by atoms with Crippen molar-refractivity contribution in [3.63, 3.8) is 0 Å². The van der Waals surface area contributed by atoms with Crippen molar-refractivity contribution in [1.82, 2.24) is 0 Å². The second kappa shape index (κ2) is 6.31. The number of ether oxygens (including phenoxy) is 1. The van der Waals surface area contributed by atoms with Gasteiger partial charge in [0.25, 0.3) is 5.91 Å². The van der Waals surface area contributed by atoms with Gasteiger partial charge >= 0.3 is 0 Å². The van der Waals surface area contributed by atoms with Crippen molar-refractivity contribution in [3.05, 3.63) is 72.8 Å². The molecule has 0 aliphatic heterocycles. The van der Waals surface area contributed by atoms with Crippen molar-refractivity contribution >= 4 is 22.4 Å². The van der Waals surface area contributed by atoms with Crippen LogP contribution in [0.3, 0.4) is 0 Å². The summed E-state index contributed by atoms with van der Waals surface area (Å²) in [6.45, 7) is 1.75. The maximum absolute atomic E-state index is 12.2. The second-order valence-corrected chi connectivity index (χ2v) is 5.09. The highest BCUT2D eigenvalue weighted by atomic mass is 16.5. The largest absolute Gasteiger partial charge is 0.480 e. The first-order valence-corrected chi connectivity index (χ1v) is 7.24. The van der Waals surface area contributed by atoms with Crippen LogP contribution in [0.1, 0.15) is 6.92 Å². The number of anilines is 1. The molecule has 0 aliphatic rings. The number of nitrogens with one attached hydrogen (secondary N) is 1. The lowest BCUT2D eigenvalue weighted by molar-refractivity contribution is -0.122. The maximum Gasteiger partial charge on any atom is 0.265 e. The molecule has 0 aromatic heterocycles. The van der Waals surface area contributed by atoms with Crippen LogP contribution in [-0.4, -0.2) is 12.0 Å². The molecule has 0 spiro atoms. The molecule has 0 radical (unpaired) electrons. The molecule has 1 amide bonds. The van der Waals surface area contributed by atoms with Crippen molar-refractivity contribution in [2.75, 3.05) is 5.32 Å². The number of hydrogen-bond donors (Lipinski definition) is 1.